The number of halogens is 1. The van der Waals surface area contributed by atoms with E-state index in [9.17, 15) is 12.8 Å². The Kier molecular flexibility index (Phi) is 5.29. The predicted molar refractivity (Wildman–Crippen MR) is 116 cm³/mol. The van der Waals surface area contributed by atoms with Crippen LogP contribution in [0.2, 0.25) is 0 Å². The van der Waals surface area contributed by atoms with Gasteiger partial charge in [0.15, 0.2) is 5.82 Å². The maximum atomic E-state index is 14.2. The van der Waals surface area contributed by atoms with Crippen LogP contribution in [0.3, 0.4) is 0 Å². The van der Waals surface area contributed by atoms with Gasteiger partial charge in [-0.05, 0) is 49.2 Å². The van der Waals surface area contributed by atoms with Crippen molar-refractivity contribution in [2.24, 2.45) is 5.14 Å². The van der Waals surface area contributed by atoms with E-state index in [-0.39, 0.29) is 16.7 Å². The first-order chi connectivity index (χ1) is 14.7. The lowest BCUT2D eigenvalue weighted by atomic mass is 10.1. The zero-order valence-electron chi connectivity index (χ0n) is 16.8. The number of nitrogens with one attached hydrogen (secondary N) is 3. The van der Waals surface area contributed by atoms with Crippen molar-refractivity contribution in [1.29, 1.82) is 0 Å². The zero-order valence-corrected chi connectivity index (χ0v) is 17.6. The van der Waals surface area contributed by atoms with Gasteiger partial charge in [-0.15, -0.1) is 0 Å². The Balaban J connectivity index is 1.52. The molecule has 0 saturated heterocycles. The number of aromatic nitrogens is 4. The minimum atomic E-state index is -3.84. The summed E-state index contributed by atoms with van der Waals surface area (Å²) in [5.74, 6) is 0.449. The van der Waals surface area contributed by atoms with Gasteiger partial charge >= 0.3 is 0 Å². The quantitative estimate of drug-likeness (QED) is 0.360. The fraction of sp³-hybridized carbons (Fsp3) is 0.150. The Morgan fingerprint density at radius 2 is 1.97 bits per heavy atom. The monoisotopic (exact) mass is 441 g/mol. The molecule has 0 aliphatic rings. The summed E-state index contributed by atoms with van der Waals surface area (Å²) in [7, 11) is -3.84. The van der Waals surface area contributed by atoms with Crippen LogP contribution in [0, 0.1) is 19.7 Å². The highest BCUT2D eigenvalue weighted by Crippen LogP contribution is 2.23. The fourth-order valence-electron chi connectivity index (χ4n) is 3.15. The summed E-state index contributed by atoms with van der Waals surface area (Å²) in [5, 5.41) is 19.0. The van der Waals surface area contributed by atoms with Gasteiger partial charge in [-0.2, -0.15) is 10.1 Å². The van der Waals surface area contributed by atoms with E-state index in [2.05, 4.69) is 30.8 Å². The summed E-state index contributed by atoms with van der Waals surface area (Å²) in [6.07, 6.45) is 1.56. The van der Waals surface area contributed by atoms with E-state index < -0.39 is 10.0 Å². The summed E-state index contributed by atoms with van der Waals surface area (Å²) in [6, 6.07) is 9.87. The highest BCUT2D eigenvalue weighted by molar-refractivity contribution is 7.89. The fourth-order valence-corrected chi connectivity index (χ4v) is 3.79. The molecule has 9 nitrogen and oxygen atoms in total. The predicted octanol–water partition coefficient (Wildman–Crippen LogP) is 3.11. The molecule has 0 radical (unpaired) electrons. The number of primary sulfonamides is 1. The number of benzene rings is 2. The second-order valence-electron chi connectivity index (χ2n) is 7.12. The Morgan fingerprint density at radius 3 is 2.74 bits per heavy atom. The number of H-pyrrole nitrogens is 1. The van der Waals surface area contributed by atoms with Crippen LogP contribution in [0.15, 0.2) is 47.5 Å². The van der Waals surface area contributed by atoms with Crippen LogP contribution < -0.4 is 15.8 Å². The first kappa shape index (κ1) is 20.7. The van der Waals surface area contributed by atoms with Crippen LogP contribution in [0.5, 0.6) is 0 Å². The second-order valence-corrected chi connectivity index (χ2v) is 8.68. The van der Waals surface area contributed by atoms with Crippen LogP contribution in [-0.4, -0.2) is 28.6 Å². The average Bonchev–Trinajstić information content (AvgIpc) is 3.12. The molecule has 4 aromatic rings. The lowest BCUT2D eigenvalue weighted by Gasteiger charge is -2.10. The van der Waals surface area contributed by atoms with E-state index in [1.54, 1.807) is 38.2 Å². The molecule has 2 heterocycles. The molecule has 0 aliphatic heterocycles. The standard InChI is InChI=1S/C20H20FN7O2S/c1-11-7-13(9-14(8-11)31(22,29)30)25-20-23-6-5-17(26-20)24-10-16-15-4-3-12(2)18(21)19(15)28-27-16/h3-9H,10H2,1-2H3,(H,27,28)(H2,22,29,30)(H2,23,24,25,26). The van der Waals surface area contributed by atoms with Crippen molar-refractivity contribution in [1.82, 2.24) is 20.2 Å². The Labute approximate surface area is 178 Å². The number of hydrogen-bond acceptors (Lipinski definition) is 7. The molecule has 0 saturated carbocycles. The van der Waals surface area contributed by atoms with Gasteiger partial charge < -0.3 is 10.6 Å². The number of aromatic amines is 1. The summed E-state index contributed by atoms with van der Waals surface area (Å²) < 4.78 is 37.5. The van der Waals surface area contributed by atoms with E-state index >= 15 is 0 Å². The number of nitrogens with two attached hydrogens (primary N) is 1. The summed E-state index contributed by atoms with van der Waals surface area (Å²) in [4.78, 5) is 8.54. The molecule has 0 amide bonds. The molecule has 4 rings (SSSR count). The molecule has 0 aliphatic carbocycles. The average molecular weight is 441 g/mol. The Hall–Kier alpha value is -3.57. The molecule has 2 aromatic carbocycles. The SMILES string of the molecule is Cc1cc(Nc2nccc(NCc3[nH]nc4c(F)c(C)ccc34)n2)cc(S(N)(=O)=O)c1. The second kappa shape index (κ2) is 7.93. The van der Waals surface area contributed by atoms with Crippen molar-refractivity contribution < 1.29 is 12.8 Å². The molecule has 160 valence electrons. The van der Waals surface area contributed by atoms with Gasteiger partial charge in [-0.3, -0.25) is 5.10 Å². The topological polar surface area (TPSA) is 139 Å². The first-order valence-corrected chi connectivity index (χ1v) is 10.9. The van der Waals surface area contributed by atoms with E-state index in [4.69, 9.17) is 5.14 Å². The molecule has 0 unspecified atom stereocenters. The van der Waals surface area contributed by atoms with Crippen molar-refractivity contribution in [2.75, 3.05) is 10.6 Å². The van der Waals surface area contributed by atoms with E-state index in [1.165, 1.54) is 12.1 Å². The summed E-state index contributed by atoms with van der Waals surface area (Å²) >= 11 is 0. The molecule has 5 N–H and O–H groups in total. The Bertz CT molecular complexity index is 1390. The smallest absolute Gasteiger partial charge is 0.238 e. The zero-order chi connectivity index (χ0) is 22.2. The van der Waals surface area contributed by atoms with E-state index in [0.717, 1.165) is 11.3 Å². The molecule has 31 heavy (non-hydrogen) atoms. The number of anilines is 3. The first-order valence-electron chi connectivity index (χ1n) is 9.31. The summed E-state index contributed by atoms with van der Waals surface area (Å²) in [5.41, 5.74) is 2.76. The Morgan fingerprint density at radius 1 is 1.16 bits per heavy atom. The lowest BCUT2D eigenvalue weighted by Crippen LogP contribution is -2.12. The lowest BCUT2D eigenvalue weighted by molar-refractivity contribution is 0.597. The van der Waals surface area contributed by atoms with Gasteiger partial charge in [0, 0.05) is 17.3 Å². The van der Waals surface area contributed by atoms with Gasteiger partial charge in [0.1, 0.15) is 11.3 Å². The third-order valence-corrected chi connectivity index (χ3v) is 5.57. The van der Waals surface area contributed by atoms with Gasteiger partial charge in [0.05, 0.1) is 17.1 Å². The molecular weight excluding hydrogens is 421 g/mol. The number of sulfonamides is 1. The third kappa shape index (κ3) is 4.47. The normalized spacial score (nSPS) is 11.6. The maximum Gasteiger partial charge on any atom is 0.238 e. The maximum absolute atomic E-state index is 14.2. The van der Waals surface area contributed by atoms with Crippen LogP contribution in [0.25, 0.3) is 10.9 Å². The third-order valence-electron chi connectivity index (χ3n) is 4.67. The summed E-state index contributed by atoms with van der Waals surface area (Å²) in [6.45, 7) is 3.80. The van der Waals surface area contributed by atoms with Gasteiger partial charge in [-0.1, -0.05) is 12.1 Å². The van der Waals surface area contributed by atoms with Crippen molar-refractivity contribution in [2.45, 2.75) is 25.3 Å². The molecule has 2 aromatic heterocycles. The van der Waals surface area contributed by atoms with Crippen molar-refractivity contribution in [3.8, 4) is 0 Å². The van der Waals surface area contributed by atoms with Gasteiger partial charge in [-0.25, -0.2) is 22.9 Å². The van der Waals surface area contributed by atoms with Crippen molar-refractivity contribution >= 4 is 38.4 Å². The minimum absolute atomic E-state index is 0.00197. The van der Waals surface area contributed by atoms with E-state index in [1.807, 2.05) is 6.07 Å². The molecule has 0 atom stereocenters. The van der Waals surface area contributed by atoms with Crippen molar-refractivity contribution in [3.05, 3.63) is 65.2 Å². The van der Waals surface area contributed by atoms with E-state index in [0.29, 0.717) is 34.5 Å². The highest BCUT2D eigenvalue weighted by atomic mass is 32.2. The number of nitrogens with zero attached hydrogens (tertiary/aromatic N) is 3. The van der Waals surface area contributed by atoms with Crippen LogP contribution in [0.4, 0.5) is 21.8 Å². The minimum Gasteiger partial charge on any atom is -0.364 e. The van der Waals surface area contributed by atoms with Crippen LogP contribution in [-0.2, 0) is 16.6 Å². The molecule has 11 heteroatoms. The van der Waals surface area contributed by atoms with Gasteiger partial charge in [0.25, 0.3) is 0 Å². The molecular formula is C20H20FN7O2S. The molecule has 0 spiro atoms. The van der Waals surface area contributed by atoms with Crippen LogP contribution in [0.1, 0.15) is 16.8 Å². The highest BCUT2D eigenvalue weighted by Gasteiger charge is 2.12. The number of fused-ring (bicyclic) bond motifs is 1. The molecule has 0 bridgehead atoms. The number of rotatable bonds is 6. The number of hydrogen-bond donors (Lipinski definition) is 4. The van der Waals surface area contributed by atoms with Crippen LogP contribution >= 0.6 is 0 Å². The van der Waals surface area contributed by atoms with Gasteiger partial charge in [0.2, 0.25) is 16.0 Å². The molecule has 0 fully saturated rings. The van der Waals surface area contributed by atoms with Crippen molar-refractivity contribution in [3.63, 3.8) is 0 Å². The number of aryl methyl sites for hydroxylation is 2. The largest absolute Gasteiger partial charge is 0.364 e.